The summed E-state index contributed by atoms with van der Waals surface area (Å²) in [5.41, 5.74) is 3.31. The van der Waals surface area contributed by atoms with Crippen LogP contribution in [-0.4, -0.2) is 37.1 Å². The molecule has 0 bridgehead atoms. The van der Waals surface area contributed by atoms with Crippen LogP contribution in [0.5, 0.6) is 5.75 Å². The zero-order valence-corrected chi connectivity index (χ0v) is 15.8. The van der Waals surface area contributed by atoms with Crippen molar-refractivity contribution in [3.05, 3.63) is 59.1 Å². The fourth-order valence-electron chi connectivity index (χ4n) is 2.05. The third-order valence-corrected chi connectivity index (χ3v) is 3.49. The van der Waals surface area contributed by atoms with E-state index in [-0.39, 0.29) is 12.5 Å². The minimum atomic E-state index is -0.858. The van der Waals surface area contributed by atoms with E-state index >= 15 is 0 Å². The van der Waals surface area contributed by atoms with Gasteiger partial charge in [0.15, 0.2) is 6.61 Å². The smallest absolute Gasteiger partial charge is 0.329 e. The number of rotatable bonds is 7. The van der Waals surface area contributed by atoms with Gasteiger partial charge in [0.2, 0.25) is 0 Å². The number of hydrogen-bond acceptors (Lipinski definition) is 5. The van der Waals surface area contributed by atoms with E-state index in [9.17, 15) is 14.4 Å². The Kier molecular flexibility index (Phi) is 7.98. The van der Waals surface area contributed by atoms with Gasteiger partial charge in [-0.15, -0.1) is 0 Å². The van der Waals surface area contributed by atoms with Crippen molar-refractivity contribution in [1.29, 1.82) is 0 Å². The average molecular weight is 403 g/mol. The summed E-state index contributed by atoms with van der Waals surface area (Å²) >= 11 is 5.87. The van der Waals surface area contributed by atoms with Crippen molar-refractivity contribution < 1.29 is 19.1 Å². The van der Waals surface area contributed by atoms with Gasteiger partial charge >= 0.3 is 11.8 Å². The lowest BCUT2D eigenvalue weighted by Gasteiger charge is -2.08. The molecule has 8 nitrogen and oxygen atoms in total. The summed E-state index contributed by atoms with van der Waals surface area (Å²) in [6.45, 7) is 1.86. The van der Waals surface area contributed by atoms with Crippen molar-refractivity contribution in [2.75, 3.05) is 18.5 Å². The van der Waals surface area contributed by atoms with E-state index < -0.39 is 11.8 Å². The second kappa shape index (κ2) is 10.7. The number of nitrogens with one attached hydrogen (secondary N) is 3. The van der Waals surface area contributed by atoms with Crippen LogP contribution in [0.3, 0.4) is 0 Å². The first-order valence-corrected chi connectivity index (χ1v) is 8.75. The second-order valence-electron chi connectivity index (χ2n) is 5.48. The molecular weight excluding hydrogens is 384 g/mol. The minimum Gasteiger partial charge on any atom is -0.484 e. The van der Waals surface area contributed by atoms with Crippen LogP contribution in [-0.2, 0) is 14.4 Å². The monoisotopic (exact) mass is 402 g/mol. The second-order valence-corrected chi connectivity index (χ2v) is 5.91. The highest BCUT2D eigenvalue weighted by Crippen LogP contribution is 2.15. The number of nitrogens with zero attached hydrogens (tertiary/aromatic N) is 1. The van der Waals surface area contributed by atoms with Gasteiger partial charge in [0, 0.05) is 17.3 Å². The summed E-state index contributed by atoms with van der Waals surface area (Å²) in [7, 11) is 0. The quantitative estimate of drug-likeness (QED) is 0.373. The first kappa shape index (κ1) is 20.9. The minimum absolute atomic E-state index is 0.193. The molecule has 0 fully saturated rings. The van der Waals surface area contributed by atoms with Gasteiger partial charge < -0.3 is 15.4 Å². The number of hydrogen-bond donors (Lipinski definition) is 3. The molecule has 0 atom stereocenters. The molecule has 2 aromatic carbocycles. The molecule has 28 heavy (non-hydrogen) atoms. The molecule has 0 saturated carbocycles. The highest BCUT2D eigenvalue weighted by molar-refractivity contribution is 6.35. The summed E-state index contributed by atoms with van der Waals surface area (Å²) in [6, 6.07) is 13.5. The predicted molar refractivity (Wildman–Crippen MR) is 106 cm³/mol. The molecule has 2 rings (SSSR count). The molecule has 3 N–H and O–H groups in total. The van der Waals surface area contributed by atoms with Crippen LogP contribution in [0.25, 0.3) is 0 Å². The Labute approximate surface area is 166 Å². The van der Waals surface area contributed by atoms with Crippen molar-refractivity contribution in [3.8, 4) is 5.75 Å². The van der Waals surface area contributed by atoms with Gasteiger partial charge in [-0.05, 0) is 42.8 Å². The Hall–Kier alpha value is -3.39. The largest absolute Gasteiger partial charge is 0.484 e. The maximum atomic E-state index is 12.0. The maximum absolute atomic E-state index is 12.0. The Morgan fingerprint density at radius 1 is 1.11 bits per heavy atom. The number of hydrazone groups is 1. The van der Waals surface area contributed by atoms with Crippen molar-refractivity contribution in [2.24, 2.45) is 5.10 Å². The molecule has 146 valence electrons. The zero-order chi connectivity index (χ0) is 20.4. The molecule has 0 radical (unpaired) electrons. The van der Waals surface area contributed by atoms with Crippen molar-refractivity contribution in [1.82, 2.24) is 10.7 Å². The molecule has 0 spiro atoms. The molecule has 0 unspecified atom stereocenters. The van der Waals surface area contributed by atoms with E-state index in [0.29, 0.717) is 28.6 Å². The standard InChI is InChI=1S/C19H19ClN4O4/c1-2-21-18(26)19(27)24-22-11-13-5-3-8-16(9-13)28-12-17(25)23-15-7-4-6-14(20)10-15/h3-11H,2,12H2,1H3,(H,21,26)(H,23,25)(H,24,27)/b22-11-. The van der Waals surface area contributed by atoms with Gasteiger partial charge in [0.05, 0.1) is 6.21 Å². The van der Waals surface area contributed by atoms with Gasteiger partial charge in [0.25, 0.3) is 5.91 Å². The first-order chi connectivity index (χ1) is 13.5. The molecular formula is C19H19ClN4O4. The summed E-state index contributed by atoms with van der Waals surface area (Å²) in [5.74, 6) is -1.51. The summed E-state index contributed by atoms with van der Waals surface area (Å²) in [4.78, 5) is 34.7. The van der Waals surface area contributed by atoms with E-state index in [2.05, 4.69) is 21.2 Å². The van der Waals surface area contributed by atoms with Crippen LogP contribution in [0.2, 0.25) is 5.02 Å². The first-order valence-electron chi connectivity index (χ1n) is 8.37. The molecule has 0 saturated heterocycles. The average Bonchev–Trinajstić information content (AvgIpc) is 2.67. The van der Waals surface area contributed by atoms with Gasteiger partial charge in [-0.25, -0.2) is 5.43 Å². The summed E-state index contributed by atoms with van der Waals surface area (Å²) in [6.07, 6.45) is 1.36. The predicted octanol–water partition coefficient (Wildman–Crippen LogP) is 1.94. The fourth-order valence-corrected chi connectivity index (χ4v) is 2.24. The Morgan fingerprint density at radius 3 is 2.64 bits per heavy atom. The SMILES string of the molecule is CCNC(=O)C(=O)N/N=C\c1cccc(OCC(=O)Nc2cccc(Cl)c2)c1. The maximum Gasteiger partial charge on any atom is 0.329 e. The lowest BCUT2D eigenvalue weighted by Crippen LogP contribution is -2.37. The number of likely N-dealkylation sites (N-methyl/N-ethyl adjacent to an activating group) is 1. The lowest BCUT2D eigenvalue weighted by molar-refractivity contribution is -0.139. The molecule has 0 heterocycles. The van der Waals surface area contributed by atoms with Crippen LogP contribution >= 0.6 is 11.6 Å². The summed E-state index contributed by atoms with van der Waals surface area (Å²) in [5, 5.41) is 9.27. The Balaban J connectivity index is 1.85. The molecule has 0 aliphatic rings. The van der Waals surface area contributed by atoms with E-state index in [1.54, 1.807) is 55.5 Å². The van der Waals surface area contributed by atoms with Crippen LogP contribution in [0.1, 0.15) is 12.5 Å². The lowest BCUT2D eigenvalue weighted by atomic mass is 10.2. The molecule has 9 heteroatoms. The molecule has 3 amide bonds. The van der Waals surface area contributed by atoms with E-state index in [1.807, 2.05) is 0 Å². The van der Waals surface area contributed by atoms with Crippen LogP contribution in [0, 0.1) is 0 Å². The number of halogens is 1. The van der Waals surface area contributed by atoms with Gasteiger partial charge in [0.1, 0.15) is 5.75 Å². The topological polar surface area (TPSA) is 109 Å². The van der Waals surface area contributed by atoms with Crippen molar-refractivity contribution in [3.63, 3.8) is 0 Å². The van der Waals surface area contributed by atoms with Crippen LogP contribution in [0.4, 0.5) is 5.69 Å². The van der Waals surface area contributed by atoms with Gasteiger partial charge in [-0.3, -0.25) is 14.4 Å². The highest BCUT2D eigenvalue weighted by Gasteiger charge is 2.10. The molecule has 0 aliphatic carbocycles. The number of amides is 3. The van der Waals surface area contributed by atoms with E-state index in [4.69, 9.17) is 16.3 Å². The summed E-state index contributed by atoms with van der Waals surface area (Å²) < 4.78 is 5.45. The fraction of sp³-hybridized carbons (Fsp3) is 0.158. The van der Waals surface area contributed by atoms with Crippen LogP contribution < -0.4 is 20.8 Å². The van der Waals surface area contributed by atoms with Gasteiger partial charge in [-0.1, -0.05) is 29.8 Å². The molecule has 2 aromatic rings. The number of anilines is 1. The number of benzene rings is 2. The van der Waals surface area contributed by atoms with E-state index in [0.717, 1.165) is 0 Å². The number of ether oxygens (including phenoxy) is 1. The normalized spacial score (nSPS) is 10.4. The Bertz CT molecular complexity index is 886. The number of carbonyl (C=O) groups is 3. The van der Waals surface area contributed by atoms with E-state index in [1.165, 1.54) is 6.21 Å². The van der Waals surface area contributed by atoms with Crippen LogP contribution in [0.15, 0.2) is 53.6 Å². The highest BCUT2D eigenvalue weighted by atomic mass is 35.5. The zero-order valence-electron chi connectivity index (χ0n) is 15.1. The van der Waals surface area contributed by atoms with Crippen molar-refractivity contribution in [2.45, 2.75) is 6.92 Å². The third kappa shape index (κ3) is 7.08. The van der Waals surface area contributed by atoms with Gasteiger partial charge in [-0.2, -0.15) is 5.10 Å². The molecule has 0 aliphatic heterocycles. The molecule has 0 aromatic heterocycles. The Morgan fingerprint density at radius 2 is 1.89 bits per heavy atom. The number of carbonyl (C=O) groups excluding carboxylic acids is 3. The van der Waals surface area contributed by atoms with Crippen molar-refractivity contribution >= 4 is 41.2 Å². The third-order valence-electron chi connectivity index (χ3n) is 3.26.